The Bertz CT molecular complexity index is 715. The quantitative estimate of drug-likeness (QED) is 0.825. The lowest BCUT2D eigenvalue weighted by molar-refractivity contribution is 0.403. The van der Waals surface area contributed by atoms with E-state index < -0.39 is 10.0 Å². The molecule has 0 unspecified atom stereocenters. The van der Waals surface area contributed by atoms with Crippen LogP contribution in [0.3, 0.4) is 0 Å². The van der Waals surface area contributed by atoms with Gasteiger partial charge in [-0.2, -0.15) is 0 Å². The fourth-order valence-electron chi connectivity index (χ4n) is 1.63. The van der Waals surface area contributed by atoms with Crippen molar-refractivity contribution in [1.29, 1.82) is 0 Å². The van der Waals surface area contributed by atoms with Crippen molar-refractivity contribution in [2.24, 2.45) is 0 Å². The summed E-state index contributed by atoms with van der Waals surface area (Å²) in [5.41, 5.74) is 6.51. The molecule has 2 aromatic carbocycles. The summed E-state index contributed by atoms with van der Waals surface area (Å²) < 4.78 is 33.1. The van der Waals surface area contributed by atoms with Gasteiger partial charge in [0.25, 0.3) is 10.0 Å². The summed E-state index contributed by atoms with van der Waals surface area (Å²) in [6, 6.07) is 11.2. The average molecular weight is 357 g/mol. The van der Waals surface area contributed by atoms with Crippen LogP contribution in [-0.2, 0) is 10.0 Å². The smallest absolute Gasteiger partial charge is 0.265 e. The number of anilines is 2. The predicted octanol–water partition coefficient (Wildman–Crippen LogP) is 2.84. The van der Waals surface area contributed by atoms with Gasteiger partial charge in [-0.3, -0.25) is 4.72 Å². The van der Waals surface area contributed by atoms with E-state index in [9.17, 15) is 8.42 Å². The van der Waals surface area contributed by atoms with Gasteiger partial charge in [0, 0.05) is 21.9 Å². The van der Waals surface area contributed by atoms with Crippen LogP contribution in [0.1, 0.15) is 0 Å². The van der Waals surface area contributed by atoms with Crippen LogP contribution in [-0.4, -0.2) is 15.5 Å². The van der Waals surface area contributed by atoms with E-state index >= 15 is 0 Å². The maximum absolute atomic E-state index is 12.3. The van der Waals surface area contributed by atoms with Crippen LogP contribution >= 0.6 is 15.9 Å². The van der Waals surface area contributed by atoms with E-state index in [1.807, 2.05) is 0 Å². The number of rotatable bonds is 4. The van der Waals surface area contributed by atoms with Gasteiger partial charge in [0.2, 0.25) is 0 Å². The van der Waals surface area contributed by atoms with Crippen LogP contribution in [0.4, 0.5) is 11.4 Å². The minimum atomic E-state index is -3.73. The summed E-state index contributed by atoms with van der Waals surface area (Å²) >= 11 is 3.29. The van der Waals surface area contributed by atoms with Crippen molar-refractivity contribution in [3.05, 3.63) is 46.9 Å². The first kappa shape index (κ1) is 14.7. The molecule has 0 spiro atoms. The van der Waals surface area contributed by atoms with E-state index in [2.05, 4.69) is 20.7 Å². The lowest BCUT2D eigenvalue weighted by atomic mass is 10.3. The molecule has 0 aliphatic rings. The first-order chi connectivity index (χ1) is 9.42. The fraction of sp³-hybridized carbons (Fsp3) is 0.0769. The van der Waals surface area contributed by atoms with Crippen LogP contribution in [0, 0.1) is 0 Å². The molecule has 0 saturated carbocycles. The van der Waals surface area contributed by atoms with Gasteiger partial charge >= 0.3 is 0 Å². The molecule has 0 aliphatic carbocycles. The Hall–Kier alpha value is -1.73. The number of ether oxygens (including phenoxy) is 1. The highest BCUT2D eigenvalue weighted by Gasteiger charge is 2.19. The highest BCUT2D eigenvalue weighted by molar-refractivity contribution is 9.10. The van der Waals surface area contributed by atoms with Gasteiger partial charge in [-0.05, 0) is 36.4 Å². The molecule has 2 rings (SSSR count). The van der Waals surface area contributed by atoms with E-state index in [4.69, 9.17) is 10.5 Å². The highest BCUT2D eigenvalue weighted by Crippen LogP contribution is 2.28. The van der Waals surface area contributed by atoms with E-state index in [0.29, 0.717) is 11.4 Å². The Balaban J connectivity index is 2.38. The monoisotopic (exact) mass is 356 g/mol. The molecule has 0 fully saturated rings. The van der Waals surface area contributed by atoms with Crippen molar-refractivity contribution in [3.63, 3.8) is 0 Å². The van der Waals surface area contributed by atoms with Crippen LogP contribution in [0.25, 0.3) is 0 Å². The number of sulfonamides is 1. The van der Waals surface area contributed by atoms with Gasteiger partial charge in [-0.1, -0.05) is 15.9 Å². The summed E-state index contributed by atoms with van der Waals surface area (Å²) in [4.78, 5) is 0.0390. The van der Waals surface area contributed by atoms with E-state index in [1.54, 1.807) is 24.3 Å². The van der Waals surface area contributed by atoms with Gasteiger partial charge in [-0.15, -0.1) is 0 Å². The molecule has 20 heavy (non-hydrogen) atoms. The summed E-state index contributed by atoms with van der Waals surface area (Å²) in [6.07, 6.45) is 0. The fourth-order valence-corrected chi connectivity index (χ4v) is 3.11. The molecule has 0 atom stereocenters. The Morgan fingerprint density at radius 1 is 1.15 bits per heavy atom. The number of nitrogens with two attached hydrogens (primary N) is 1. The van der Waals surface area contributed by atoms with Gasteiger partial charge in [0.1, 0.15) is 10.6 Å². The molecular weight excluding hydrogens is 344 g/mol. The average Bonchev–Trinajstić information content (AvgIpc) is 2.40. The summed E-state index contributed by atoms with van der Waals surface area (Å²) in [5.74, 6) is 0.203. The minimum Gasteiger partial charge on any atom is -0.495 e. The molecule has 0 amide bonds. The second kappa shape index (κ2) is 5.72. The number of nitrogens with one attached hydrogen (secondary N) is 1. The molecule has 0 aliphatic heterocycles. The van der Waals surface area contributed by atoms with E-state index in [-0.39, 0.29) is 10.6 Å². The van der Waals surface area contributed by atoms with Crippen LogP contribution in [0.2, 0.25) is 0 Å². The maximum atomic E-state index is 12.3. The van der Waals surface area contributed by atoms with Gasteiger partial charge < -0.3 is 10.5 Å². The third-order valence-corrected chi connectivity index (χ3v) is 4.52. The molecule has 5 nitrogen and oxygen atoms in total. The molecule has 0 bridgehead atoms. The van der Waals surface area contributed by atoms with Crippen molar-refractivity contribution in [2.45, 2.75) is 4.90 Å². The van der Waals surface area contributed by atoms with Crippen molar-refractivity contribution >= 4 is 37.3 Å². The molecule has 0 aromatic heterocycles. The summed E-state index contributed by atoms with van der Waals surface area (Å²) in [5, 5.41) is 0. The lowest BCUT2D eigenvalue weighted by Gasteiger charge is -2.12. The van der Waals surface area contributed by atoms with Crippen molar-refractivity contribution in [3.8, 4) is 5.75 Å². The second-order valence-corrected chi connectivity index (χ2v) is 6.59. The minimum absolute atomic E-state index is 0.0390. The van der Waals surface area contributed by atoms with E-state index in [1.165, 1.54) is 25.3 Å². The molecule has 106 valence electrons. The van der Waals surface area contributed by atoms with Crippen LogP contribution < -0.4 is 15.2 Å². The molecule has 0 saturated heterocycles. The van der Waals surface area contributed by atoms with E-state index in [0.717, 1.165) is 4.47 Å². The number of nitrogen functional groups attached to an aromatic ring is 1. The summed E-state index contributed by atoms with van der Waals surface area (Å²) in [7, 11) is -2.34. The number of hydrogen-bond donors (Lipinski definition) is 2. The number of halogens is 1. The SMILES string of the molecule is COc1cc(N)ccc1S(=O)(=O)Nc1ccc(Br)cc1. The molecular formula is C13H13BrN2O3S. The Morgan fingerprint density at radius 3 is 2.40 bits per heavy atom. The van der Waals surface area contributed by atoms with Crippen molar-refractivity contribution in [1.82, 2.24) is 0 Å². The third-order valence-electron chi connectivity index (χ3n) is 2.57. The predicted molar refractivity (Wildman–Crippen MR) is 82.4 cm³/mol. The number of hydrogen-bond acceptors (Lipinski definition) is 4. The van der Waals surface area contributed by atoms with Gasteiger partial charge in [-0.25, -0.2) is 8.42 Å². The summed E-state index contributed by atoms with van der Waals surface area (Å²) in [6.45, 7) is 0. The Morgan fingerprint density at radius 2 is 1.80 bits per heavy atom. The zero-order valence-electron chi connectivity index (χ0n) is 10.6. The lowest BCUT2D eigenvalue weighted by Crippen LogP contribution is -2.14. The van der Waals surface area contributed by atoms with Crippen LogP contribution in [0.5, 0.6) is 5.75 Å². The first-order valence-electron chi connectivity index (χ1n) is 5.64. The first-order valence-corrected chi connectivity index (χ1v) is 7.92. The molecule has 0 heterocycles. The largest absolute Gasteiger partial charge is 0.495 e. The molecule has 0 radical (unpaired) electrons. The van der Waals surface area contributed by atoms with Crippen molar-refractivity contribution < 1.29 is 13.2 Å². The molecule has 2 aromatic rings. The standard InChI is InChI=1S/C13H13BrN2O3S/c1-19-12-8-10(15)4-7-13(12)20(17,18)16-11-5-2-9(14)3-6-11/h2-8,16H,15H2,1H3. The third kappa shape index (κ3) is 3.23. The molecule has 3 N–H and O–H groups in total. The highest BCUT2D eigenvalue weighted by atomic mass is 79.9. The van der Waals surface area contributed by atoms with Gasteiger partial charge in [0.15, 0.2) is 0 Å². The zero-order chi connectivity index (χ0) is 14.8. The van der Waals surface area contributed by atoms with Crippen LogP contribution in [0.15, 0.2) is 51.8 Å². The Kier molecular flexibility index (Phi) is 4.20. The Labute approximate surface area is 125 Å². The van der Waals surface area contributed by atoms with Crippen molar-refractivity contribution in [2.75, 3.05) is 17.6 Å². The molecule has 7 heteroatoms. The second-order valence-electron chi connectivity index (χ2n) is 4.02. The topological polar surface area (TPSA) is 81.4 Å². The zero-order valence-corrected chi connectivity index (χ0v) is 13.0. The normalized spacial score (nSPS) is 11.1. The van der Waals surface area contributed by atoms with Gasteiger partial charge in [0.05, 0.1) is 7.11 Å². The number of methoxy groups -OCH3 is 1. The maximum Gasteiger partial charge on any atom is 0.265 e. The number of benzene rings is 2.